The Balaban J connectivity index is 1.42. The summed E-state index contributed by atoms with van der Waals surface area (Å²) in [5.74, 6) is -3.79. The molecular formula is C30H28O12. The standard InChI is InChI=1S/C30H28O12/c1-14-24(36)28(41-22(35)10-7-15-5-3-2-4-6-15)26(38)30(39-14)42-29-25(37)23-20(34)12-17(31)13-21(23)40-27(29)16-8-9-18(32)19(33)11-16/h2-14,24,26-34,36,38H,1H3/b10-7+/t14-,24-,26+,27+,28+,29-,30-/m0/s1. The number of benzene rings is 3. The summed E-state index contributed by atoms with van der Waals surface area (Å²) in [7, 11) is 0. The lowest BCUT2D eigenvalue weighted by molar-refractivity contribution is -0.306. The van der Waals surface area contributed by atoms with Gasteiger partial charge in [-0.3, -0.25) is 4.79 Å². The van der Waals surface area contributed by atoms with Crippen molar-refractivity contribution in [3.8, 4) is 28.7 Å². The number of hydrogen-bond acceptors (Lipinski definition) is 12. The molecule has 7 atom stereocenters. The molecule has 1 saturated heterocycles. The first-order chi connectivity index (χ1) is 20.0. The highest BCUT2D eigenvalue weighted by atomic mass is 16.7. The predicted molar refractivity (Wildman–Crippen MR) is 144 cm³/mol. The molecule has 0 spiro atoms. The van der Waals surface area contributed by atoms with E-state index < -0.39 is 71.9 Å². The number of phenolic OH excluding ortho intramolecular Hbond substituents is 4. The van der Waals surface area contributed by atoms with Crippen molar-refractivity contribution in [2.45, 2.75) is 49.8 Å². The average Bonchev–Trinajstić information content (AvgIpc) is 2.95. The van der Waals surface area contributed by atoms with Gasteiger partial charge in [-0.1, -0.05) is 36.4 Å². The second kappa shape index (κ2) is 11.7. The molecule has 5 rings (SSSR count). The number of esters is 1. The van der Waals surface area contributed by atoms with E-state index in [0.29, 0.717) is 0 Å². The number of phenols is 4. The maximum absolute atomic E-state index is 13.7. The number of carbonyl (C=O) groups is 2. The normalized spacial score (nSPS) is 27.3. The molecule has 12 heteroatoms. The molecular weight excluding hydrogens is 552 g/mol. The first kappa shape index (κ1) is 28.9. The zero-order chi connectivity index (χ0) is 30.1. The Kier molecular flexibility index (Phi) is 8.05. The summed E-state index contributed by atoms with van der Waals surface area (Å²) in [5, 5.41) is 61.9. The summed E-state index contributed by atoms with van der Waals surface area (Å²) in [6.45, 7) is 1.45. The topological polar surface area (TPSA) is 192 Å². The lowest BCUT2D eigenvalue weighted by atomic mass is 9.92. The number of aliphatic hydroxyl groups is 2. The van der Waals surface area contributed by atoms with Gasteiger partial charge in [0.15, 0.2) is 36.1 Å². The van der Waals surface area contributed by atoms with Crippen LogP contribution in [0.4, 0.5) is 0 Å². The van der Waals surface area contributed by atoms with Gasteiger partial charge in [-0.25, -0.2) is 4.79 Å². The number of carbonyl (C=O) groups excluding carboxylic acids is 2. The molecule has 2 aliphatic heterocycles. The van der Waals surface area contributed by atoms with E-state index in [2.05, 4.69) is 0 Å². The Hall–Kier alpha value is -4.62. The Bertz CT molecular complexity index is 1500. The van der Waals surface area contributed by atoms with Gasteiger partial charge < -0.3 is 49.6 Å². The van der Waals surface area contributed by atoms with E-state index >= 15 is 0 Å². The van der Waals surface area contributed by atoms with Crippen molar-refractivity contribution < 1.29 is 59.2 Å². The highest BCUT2D eigenvalue weighted by Gasteiger charge is 2.50. The predicted octanol–water partition coefficient (Wildman–Crippen LogP) is 2.30. The fourth-order valence-corrected chi connectivity index (χ4v) is 4.79. The smallest absolute Gasteiger partial charge is 0.331 e. The van der Waals surface area contributed by atoms with Gasteiger partial charge in [0.25, 0.3) is 0 Å². The molecule has 0 saturated carbocycles. The van der Waals surface area contributed by atoms with Crippen LogP contribution in [0, 0.1) is 0 Å². The first-order valence-electron chi connectivity index (χ1n) is 12.9. The first-order valence-corrected chi connectivity index (χ1v) is 12.9. The maximum Gasteiger partial charge on any atom is 0.331 e. The number of rotatable bonds is 6. The van der Waals surface area contributed by atoms with Crippen LogP contribution < -0.4 is 4.74 Å². The number of hydrogen-bond donors (Lipinski definition) is 6. The number of ether oxygens (including phenoxy) is 4. The van der Waals surface area contributed by atoms with Crippen LogP contribution in [0.2, 0.25) is 0 Å². The fourth-order valence-electron chi connectivity index (χ4n) is 4.79. The molecule has 3 aromatic carbocycles. The van der Waals surface area contributed by atoms with Crippen LogP contribution in [-0.4, -0.2) is 79.2 Å². The zero-order valence-electron chi connectivity index (χ0n) is 22.1. The molecule has 0 radical (unpaired) electrons. The molecule has 0 amide bonds. The Labute approximate surface area is 239 Å². The fraction of sp³-hybridized carbons (Fsp3) is 0.267. The molecule has 2 heterocycles. The molecule has 0 aromatic heterocycles. The summed E-state index contributed by atoms with van der Waals surface area (Å²) in [5.41, 5.74) is 0.560. The molecule has 1 fully saturated rings. The van der Waals surface area contributed by atoms with E-state index in [4.69, 9.17) is 18.9 Å². The summed E-state index contributed by atoms with van der Waals surface area (Å²) in [6.07, 6.45) is -7.72. The minimum Gasteiger partial charge on any atom is -0.508 e. The second-order valence-electron chi connectivity index (χ2n) is 9.88. The molecule has 0 bridgehead atoms. The second-order valence-corrected chi connectivity index (χ2v) is 9.88. The monoisotopic (exact) mass is 580 g/mol. The third-order valence-electron chi connectivity index (χ3n) is 6.95. The largest absolute Gasteiger partial charge is 0.508 e. The van der Waals surface area contributed by atoms with Crippen LogP contribution in [0.3, 0.4) is 0 Å². The van der Waals surface area contributed by atoms with Gasteiger partial charge in [-0.2, -0.15) is 0 Å². The van der Waals surface area contributed by atoms with Crippen LogP contribution in [0.25, 0.3) is 6.08 Å². The summed E-state index contributed by atoms with van der Waals surface area (Å²) < 4.78 is 22.8. The van der Waals surface area contributed by atoms with E-state index in [1.165, 1.54) is 19.1 Å². The molecule has 0 aliphatic carbocycles. The molecule has 6 N–H and O–H groups in total. The van der Waals surface area contributed by atoms with Crippen molar-refractivity contribution in [2.24, 2.45) is 0 Å². The van der Waals surface area contributed by atoms with E-state index in [-0.39, 0.29) is 22.6 Å². The van der Waals surface area contributed by atoms with Crippen molar-refractivity contribution in [3.63, 3.8) is 0 Å². The Morgan fingerprint density at radius 1 is 0.905 bits per heavy atom. The van der Waals surface area contributed by atoms with Crippen molar-refractivity contribution in [2.75, 3.05) is 0 Å². The number of ketones is 1. The van der Waals surface area contributed by atoms with Gasteiger partial charge >= 0.3 is 5.97 Å². The highest BCUT2D eigenvalue weighted by Crippen LogP contribution is 2.44. The van der Waals surface area contributed by atoms with Crippen molar-refractivity contribution in [1.82, 2.24) is 0 Å². The lowest BCUT2D eigenvalue weighted by Crippen LogP contribution is -2.60. The number of aromatic hydroxyl groups is 4. The maximum atomic E-state index is 13.7. The number of aliphatic hydroxyl groups excluding tert-OH is 2. The molecule has 12 nitrogen and oxygen atoms in total. The molecule has 220 valence electrons. The van der Waals surface area contributed by atoms with Crippen molar-refractivity contribution in [1.29, 1.82) is 0 Å². The summed E-state index contributed by atoms with van der Waals surface area (Å²) in [6, 6.07) is 14.6. The minimum atomic E-state index is -1.78. The number of fused-ring (bicyclic) bond motifs is 1. The van der Waals surface area contributed by atoms with E-state index in [1.54, 1.807) is 24.3 Å². The summed E-state index contributed by atoms with van der Waals surface area (Å²) >= 11 is 0. The SMILES string of the molecule is C[C@@H]1O[C@@H](O[C@H]2C(=O)c3c(O)cc(O)cc3O[C@@H]2c2ccc(O)c(O)c2)[C@H](O)[C@H](OC(=O)/C=C/c2ccccc2)[C@H]1O. The third-order valence-corrected chi connectivity index (χ3v) is 6.95. The Morgan fingerprint density at radius 3 is 2.36 bits per heavy atom. The third kappa shape index (κ3) is 5.74. The zero-order valence-corrected chi connectivity index (χ0v) is 22.1. The van der Waals surface area contributed by atoms with E-state index in [9.17, 15) is 40.2 Å². The van der Waals surface area contributed by atoms with Crippen molar-refractivity contribution in [3.05, 3.63) is 83.4 Å². The molecule has 42 heavy (non-hydrogen) atoms. The van der Waals surface area contributed by atoms with Gasteiger partial charge in [0.1, 0.15) is 35.0 Å². The number of Topliss-reactive ketones (excluding diaryl/α,β-unsaturated/α-hetero) is 1. The molecule has 0 unspecified atom stereocenters. The van der Waals surface area contributed by atoms with Crippen molar-refractivity contribution >= 4 is 17.8 Å². The van der Waals surface area contributed by atoms with Gasteiger partial charge in [-0.15, -0.1) is 0 Å². The van der Waals surface area contributed by atoms with E-state index in [0.717, 1.165) is 35.9 Å². The quantitative estimate of drug-likeness (QED) is 0.142. The van der Waals surface area contributed by atoms with Crippen LogP contribution in [0.1, 0.15) is 34.5 Å². The van der Waals surface area contributed by atoms with Gasteiger partial charge in [0.2, 0.25) is 5.78 Å². The van der Waals surface area contributed by atoms with Crippen LogP contribution in [0.5, 0.6) is 28.7 Å². The van der Waals surface area contributed by atoms with Crippen LogP contribution >= 0.6 is 0 Å². The van der Waals surface area contributed by atoms with Gasteiger partial charge in [0.05, 0.1) is 6.10 Å². The molecule has 3 aromatic rings. The highest BCUT2D eigenvalue weighted by molar-refractivity contribution is 6.05. The lowest BCUT2D eigenvalue weighted by Gasteiger charge is -2.43. The minimum absolute atomic E-state index is 0.157. The van der Waals surface area contributed by atoms with E-state index in [1.807, 2.05) is 6.07 Å². The van der Waals surface area contributed by atoms with Crippen LogP contribution in [-0.2, 0) is 19.0 Å². The average molecular weight is 581 g/mol. The Morgan fingerprint density at radius 2 is 1.64 bits per heavy atom. The van der Waals surface area contributed by atoms with Crippen LogP contribution in [0.15, 0.2) is 66.7 Å². The van der Waals surface area contributed by atoms with Gasteiger partial charge in [0, 0.05) is 18.2 Å². The van der Waals surface area contributed by atoms with Gasteiger partial charge in [-0.05, 0) is 36.3 Å². The summed E-state index contributed by atoms with van der Waals surface area (Å²) in [4.78, 5) is 26.2. The molecule has 2 aliphatic rings.